The maximum Gasteiger partial charge on any atom is 0.320 e. The lowest BCUT2D eigenvalue weighted by Gasteiger charge is -2.34. The number of hydrogen-bond acceptors (Lipinski definition) is 2. The summed E-state index contributed by atoms with van der Waals surface area (Å²) < 4.78 is 26.4. The number of benzene rings is 1. The van der Waals surface area contributed by atoms with Gasteiger partial charge in [-0.25, -0.2) is 8.78 Å². The number of hydrogen-bond donors (Lipinski definition) is 1. The second kappa shape index (κ2) is 6.31. The van der Waals surface area contributed by atoms with Crippen molar-refractivity contribution in [1.82, 2.24) is 4.90 Å². The molecule has 1 aliphatic heterocycles. The fraction of sp³-hybridized carbons (Fsp3) is 0.533. The van der Waals surface area contributed by atoms with E-state index in [2.05, 4.69) is 0 Å². The highest BCUT2D eigenvalue weighted by atomic mass is 19.1. The maximum absolute atomic E-state index is 13.2. The van der Waals surface area contributed by atoms with E-state index in [9.17, 15) is 18.7 Å². The van der Waals surface area contributed by atoms with Gasteiger partial charge in [-0.3, -0.25) is 9.69 Å². The maximum atomic E-state index is 13.2. The molecule has 1 aliphatic rings. The summed E-state index contributed by atoms with van der Waals surface area (Å²) in [6.07, 6.45) is 2.52. The monoisotopic (exact) mass is 283 g/mol. The molecule has 2 rings (SSSR count). The van der Waals surface area contributed by atoms with Crippen molar-refractivity contribution in [3.05, 3.63) is 35.4 Å². The fourth-order valence-corrected chi connectivity index (χ4v) is 2.81. The smallest absolute Gasteiger partial charge is 0.320 e. The number of halogens is 2. The number of carboxylic acid groups (broad SMARTS) is 1. The molecule has 0 amide bonds. The summed E-state index contributed by atoms with van der Waals surface area (Å²) >= 11 is 0. The molecule has 0 aliphatic carbocycles. The molecule has 0 aromatic heterocycles. The molecular weight excluding hydrogens is 264 g/mol. The van der Waals surface area contributed by atoms with Gasteiger partial charge in [-0.15, -0.1) is 0 Å². The molecule has 1 saturated heterocycles. The molecule has 1 aromatic rings. The fourth-order valence-electron chi connectivity index (χ4n) is 2.81. The van der Waals surface area contributed by atoms with Gasteiger partial charge in [0, 0.05) is 12.6 Å². The molecule has 0 spiro atoms. The van der Waals surface area contributed by atoms with Gasteiger partial charge in [-0.05, 0) is 43.0 Å². The van der Waals surface area contributed by atoms with Gasteiger partial charge < -0.3 is 5.11 Å². The second-order valence-corrected chi connectivity index (χ2v) is 5.45. The Labute approximate surface area is 117 Å². The minimum Gasteiger partial charge on any atom is -0.480 e. The number of carbonyl (C=O) groups is 1. The number of carboxylic acids is 1. The van der Waals surface area contributed by atoms with Crippen LogP contribution in [0.25, 0.3) is 0 Å². The Morgan fingerprint density at radius 1 is 1.35 bits per heavy atom. The Hall–Kier alpha value is -1.49. The SMILES string of the molecule is CC(CN1CCCCC1C(=O)O)c1cc(F)cc(F)c1. The first-order valence-corrected chi connectivity index (χ1v) is 6.90. The van der Waals surface area contributed by atoms with Crippen LogP contribution in [0.4, 0.5) is 8.78 Å². The molecule has 2 unspecified atom stereocenters. The molecule has 1 heterocycles. The topological polar surface area (TPSA) is 40.5 Å². The molecule has 5 heteroatoms. The third kappa shape index (κ3) is 3.54. The van der Waals surface area contributed by atoms with E-state index < -0.39 is 23.6 Å². The molecular formula is C15H19F2NO2. The van der Waals surface area contributed by atoms with Crippen molar-refractivity contribution in [3.63, 3.8) is 0 Å². The molecule has 1 aromatic carbocycles. The molecule has 1 fully saturated rings. The molecule has 110 valence electrons. The van der Waals surface area contributed by atoms with E-state index in [-0.39, 0.29) is 5.92 Å². The number of nitrogens with zero attached hydrogens (tertiary/aromatic N) is 1. The van der Waals surface area contributed by atoms with Gasteiger partial charge >= 0.3 is 5.97 Å². The van der Waals surface area contributed by atoms with Gasteiger partial charge in [0.1, 0.15) is 17.7 Å². The van der Waals surface area contributed by atoms with Crippen molar-refractivity contribution < 1.29 is 18.7 Å². The highest BCUT2D eigenvalue weighted by Gasteiger charge is 2.29. The first-order valence-electron chi connectivity index (χ1n) is 6.90. The van der Waals surface area contributed by atoms with E-state index in [0.717, 1.165) is 25.5 Å². The van der Waals surface area contributed by atoms with Crippen LogP contribution in [0.5, 0.6) is 0 Å². The van der Waals surface area contributed by atoms with Crippen LogP contribution in [0, 0.1) is 11.6 Å². The molecule has 20 heavy (non-hydrogen) atoms. The molecule has 0 bridgehead atoms. The summed E-state index contributed by atoms with van der Waals surface area (Å²) in [6, 6.07) is 2.99. The molecule has 3 nitrogen and oxygen atoms in total. The second-order valence-electron chi connectivity index (χ2n) is 5.45. The lowest BCUT2D eigenvalue weighted by molar-refractivity contribution is -0.144. The van der Waals surface area contributed by atoms with Gasteiger partial charge in [-0.2, -0.15) is 0 Å². The highest BCUT2D eigenvalue weighted by Crippen LogP contribution is 2.24. The van der Waals surface area contributed by atoms with Crippen molar-refractivity contribution in [2.24, 2.45) is 0 Å². The van der Waals surface area contributed by atoms with Crippen molar-refractivity contribution in [1.29, 1.82) is 0 Å². The van der Waals surface area contributed by atoms with Crippen LogP contribution >= 0.6 is 0 Å². The van der Waals surface area contributed by atoms with E-state index in [4.69, 9.17) is 0 Å². The first-order chi connectivity index (χ1) is 9.47. The Kier molecular flexibility index (Phi) is 4.70. The van der Waals surface area contributed by atoms with Crippen molar-refractivity contribution in [2.45, 2.75) is 38.1 Å². The van der Waals surface area contributed by atoms with E-state index in [1.165, 1.54) is 12.1 Å². The Morgan fingerprint density at radius 2 is 2.00 bits per heavy atom. The van der Waals surface area contributed by atoms with Gasteiger partial charge in [-0.1, -0.05) is 13.3 Å². The number of likely N-dealkylation sites (tertiary alicyclic amines) is 1. The zero-order valence-corrected chi connectivity index (χ0v) is 11.5. The Morgan fingerprint density at radius 3 is 2.60 bits per heavy atom. The standard InChI is InChI=1S/C15H19F2NO2/c1-10(11-6-12(16)8-13(17)7-11)9-18-5-3-2-4-14(18)15(19)20/h6-8,10,14H,2-5,9H2,1H3,(H,19,20). The number of rotatable bonds is 4. The lowest BCUT2D eigenvalue weighted by Crippen LogP contribution is -2.46. The van der Waals surface area contributed by atoms with Gasteiger partial charge in [0.2, 0.25) is 0 Å². The van der Waals surface area contributed by atoms with Crippen LogP contribution in [0.2, 0.25) is 0 Å². The number of piperidine rings is 1. The van der Waals surface area contributed by atoms with Gasteiger partial charge in [0.15, 0.2) is 0 Å². The quantitative estimate of drug-likeness (QED) is 0.923. The summed E-state index contributed by atoms with van der Waals surface area (Å²) in [6.45, 7) is 3.08. The van der Waals surface area contributed by atoms with Crippen LogP contribution < -0.4 is 0 Å². The third-order valence-electron chi connectivity index (χ3n) is 3.86. The summed E-state index contributed by atoms with van der Waals surface area (Å²) in [5, 5.41) is 9.22. The van der Waals surface area contributed by atoms with E-state index in [0.29, 0.717) is 18.5 Å². The molecule has 0 saturated carbocycles. The zero-order valence-electron chi connectivity index (χ0n) is 11.5. The van der Waals surface area contributed by atoms with Crippen LogP contribution in [-0.4, -0.2) is 35.1 Å². The average molecular weight is 283 g/mol. The first kappa shape index (κ1) is 14.9. The summed E-state index contributed by atoms with van der Waals surface area (Å²) in [5.74, 6) is -2.12. The summed E-state index contributed by atoms with van der Waals surface area (Å²) in [7, 11) is 0. The Balaban J connectivity index is 2.09. The predicted molar refractivity (Wildman–Crippen MR) is 71.6 cm³/mol. The van der Waals surface area contributed by atoms with Gasteiger partial charge in [0.05, 0.1) is 0 Å². The number of aliphatic carboxylic acids is 1. The summed E-state index contributed by atoms with van der Waals surface area (Å²) in [4.78, 5) is 13.1. The van der Waals surface area contributed by atoms with E-state index >= 15 is 0 Å². The van der Waals surface area contributed by atoms with Crippen molar-refractivity contribution in [3.8, 4) is 0 Å². The molecule has 0 radical (unpaired) electrons. The molecule has 2 atom stereocenters. The van der Waals surface area contributed by atoms with Crippen LogP contribution in [0.3, 0.4) is 0 Å². The largest absolute Gasteiger partial charge is 0.480 e. The van der Waals surface area contributed by atoms with Crippen LogP contribution in [0.15, 0.2) is 18.2 Å². The van der Waals surface area contributed by atoms with Gasteiger partial charge in [0.25, 0.3) is 0 Å². The predicted octanol–water partition coefficient (Wildman–Crippen LogP) is 3.01. The van der Waals surface area contributed by atoms with Crippen molar-refractivity contribution >= 4 is 5.97 Å². The van der Waals surface area contributed by atoms with E-state index in [1.807, 2.05) is 11.8 Å². The lowest BCUT2D eigenvalue weighted by atomic mass is 9.96. The minimum atomic E-state index is -0.817. The van der Waals surface area contributed by atoms with Crippen LogP contribution in [-0.2, 0) is 4.79 Å². The van der Waals surface area contributed by atoms with Crippen LogP contribution in [0.1, 0.15) is 37.7 Å². The normalized spacial score (nSPS) is 21.6. The average Bonchev–Trinajstić information content (AvgIpc) is 2.37. The summed E-state index contributed by atoms with van der Waals surface area (Å²) in [5.41, 5.74) is 0.567. The van der Waals surface area contributed by atoms with E-state index in [1.54, 1.807) is 0 Å². The van der Waals surface area contributed by atoms with Crippen molar-refractivity contribution in [2.75, 3.05) is 13.1 Å². The third-order valence-corrected chi connectivity index (χ3v) is 3.86. The molecule has 1 N–H and O–H groups in total. The highest BCUT2D eigenvalue weighted by molar-refractivity contribution is 5.73. The zero-order chi connectivity index (χ0) is 14.7. The minimum absolute atomic E-state index is 0.111. The Bertz CT molecular complexity index is 473.